The number of halogens is 1. The largest absolute Gasteiger partial charge is 0.273 e. The van der Waals surface area contributed by atoms with Crippen molar-refractivity contribution in [3.63, 3.8) is 0 Å². The van der Waals surface area contributed by atoms with Gasteiger partial charge in [-0.1, -0.05) is 48.0 Å². The Labute approximate surface area is 140 Å². The third kappa shape index (κ3) is 2.36. The lowest BCUT2D eigenvalue weighted by atomic mass is 9.77. The van der Waals surface area contributed by atoms with Crippen LogP contribution in [0.25, 0.3) is 0 Å². The van der Waals surface area contributed by atoms with Crippen molar-refractivity contribution < 1.29 is 4.79 Å². The van der Waals surface area contributed by atoms with E-state index in [2.05, 4.69) is 18.2 Å². The van der Waals surface area contributed by atoms with Gasteiger partial charge in [-0.2, -0.15) is 5.10 Å². The summed E-state index contributed by atoms with van der Waals surface area (Å²) in [6, 6.07) is 16.1. The van der Waals surface area contributed by atoms with E-state index in [0.29, 0.717) is 5.02 Å². The first-order valence-electron chi connectivity index (χ1n) is 7.87. The number of amides is 1. The Hall–Kier alpha value is -2.13. The van der Waals surface area contributed by atoms with Gasteiger partial charge in [0.2, 0.25) is 5.91 Å². The van der Waals surface area contributed by atoms with Crippen molar-refractivity contribution in [2.45, 2.75) is 25.8 Å². The lowest BCUT2D eigenvalue weighted by Crippen LogP contribution is -2.30. The van der Waals surface area contributed by atoms with E-state index in [4.69, 9.17) is 16.7 Å². The fourth-order valence-electron chi connectivity index (χ4n) is 3.72. The van der Waals surface area contributed by atoms with Crippen molar-refractivity contribution in [3.05, 3.63) is 70.2 Å². The minimum Gasteiger partial charge on any atom is -0.273 e. The second-order valence-corrected chi connectivity index (χ2v) is 6.58. The highest BCUT2D eigenvalue weighted by atomic mass is 35.5. The smallest absolute Gasteiger partial charge is 0.240 e. The molecule has 2 atom stereocenters. The van der Waals surface area contributed by atoms with Crippen molar-refractivity contribution in [1.29, 1.82) is 0 Å². The molecule has 0 spiro atoms. The molecule has 4 rings (SSSR count). The topological polar surface area (TPSA) is 32.7 Å². The molecule has 0 N–H and O–H groups in total. The van der Waals surface area contributed by atoms with Crippen LogP contribution in [0, 0.1) is 5.92 Å². The Balaban J connectivity index is 1.80. The summed E-state index contributed by atoms with van der Waals surface area (Å²) in [6.45, 7) is 1.58. The minimum atomic E-state index is -0.0341. The molecule has 4 heteroatoms. The molecule has 2 aromatic rings. The van der Waals surface area contributed by atoms with Crippen molar-refractivity contribution in [3.8, 4) is 0 Å². The highest BCUT2D eigenvalue weighted by molar-refractivity contribution is 6.30. The third-order valence-corrected chi connectivity index (χ3v) is 5.02. The second kappa shape index (κ2) is 5.50. The Bertz CT molecular complexity index is 797. The molecule has 1 aliphatic carbocycles. The Kier molecular flexibility index (Phi) is 3.46. The first-order chi connectivity index (χ1) is 11.1. The highest BCUT2D eigenvalue weighted by Crippen LogP contribution is 2.43. The summed E-state index contributed by atoms with van der Waals surface area (Å²) in [6.07, 6.45) is 2.03. The van der Waals surface area contributed by atoms with Gasteiger partial charge in [0.25, 0.3) is 0 Å². The fraction of sp³-hybridized carbons (Fsp3) is 0.263. The second-order valence-electron chi connectivity index (χ2n) is 6.15. The van der Waals surface area contributed by atoms with E-state index in [1.54, 1.807) is 11.9 Å². The molecule has 2 aliphatic rings. The van der Waals surface area contributed by atoms with Crippen LogP contribution in [0.2, 0.25) is 5.02 Å². The zero-order valence-corrected chi connectivity index (χ0v) is 13.6. The maximum atomic E-state index is 12.1. The normalized spacial score (nSPS) is 22.3. The average Bonchev–Trinajstić information content (AvgIpc) is 2.96. The summed E-state index contributed by atoms with van der Waals surface area (Å²) in [5.74, 6) is 0.222. The first-order valence-corrected chi connectivity index (χ1v) is 8.25. The number of hydrogen-bond acceptors (Lipinski definition) is 2. The van der Waals surface area contributed by atoms with E-state index in [1.807, 2.05) is 30.3 Å². The Morgan fingerprint density at radius 3 is 2.65 bits per heavy atom. The van der Waals surface area contributed by atoms with Crippen LogP contribution in [-0.2, 0) is 11.2 Å². The molecule has 0 saturated carbocycles. The molecule has 1 aliphatic heterocycles. The molecule has 0 bridgehead atoms. The van der Waals surface area contributed by atoms with Gasteiger partial charge in [-0.3, -0.25) is 4.79 Å². The van der Waals surface area contributed by atoms with E-state index in [0.717, 1.165) is 24.1 Å². The zero-order chi connectivity index (χ0) is 16.0. The van der Waals surface area contributed by atoms with E-state index < -0.39 is 0 Å². The number of nitrogens with zero attached hydrogens (tertiary/aromatic N) is 2. The summed E-state index contributed by atoms with van der Waals surface area (Å²) < 4.78 is 0. The summed E-state index contributed by atoms with van der Waals surface area (Å²) in [7, 11) is 0. The maximum Gasteiger partial charge on any atom is 0.240 e. The van der Waals surface area contributed by atoms with Crippen LogP contribution in [0.3, 0.4) is 0 Å². The van der Waals surface area contributed by atoms with Crippen molar-refractivity contribution >= 4 is 23.2 Å². The van der Waals surface area contributed by atoms with Gasteiger partial charge in [0.1, 0.15) is 0 Å². The SMILES string of the molecule is CC(=O)N1N=C2c3ccccc3CC[C@H]2[C@H]1c1ccc(Cl)cc1. The summed E-state index contributed by atoms with van der Waals surface area (Å²) in [4.78, 5) is 12.1. The quantitative estimate of drug-likeness (QED) is 0.773. The summed E-state index contributed by atoms with van der Waals surface area (Å²) in [5, 5.41) is 7.05. The van der Waals surface area contributed by atoms with Crippen LogP contribution in [0.5, 0.6) is 0 Å². The van der Waals surface area contributed by atoms with Crippen LogP contribution in [0.15, 0.2) is 53.6 Å². The molecule has 3 nitrogen and oxygen atoms in total. The zero-order valence-electron chi connectivity index (χ0n) is 12.9. The van der Waals surface area contributed by atoms with Gasteiger partial charge in [0.15, 0.2) is 0 Å². The van der Waals surface area contributed by atoms with Crippen LogP contribution >= 0.6 is 11.6 Å². The number of fused-ring (bicyclic) bond motifs is 3. The molecular weight excluding hydrogens is 308 g/mol. The van der Waals surface area contributed by atoms with Crippen LogP contribution in [0.4, 0.5) is 0 Å². The van der Waals surface area contributed by atoms with Gasteiger partial charge < -0.3 is 0 Å². The average molecular weight is 325 g/mol. The molecule has 0 fully saturated rings. The number of benzene rings is 2. The molecule has 0 unspecified atom stereocenters. The molecule has 1 amide bonds. The van der Waals surface area contributed by atoms with Crippen LogP contribution in [-0.4, -0.2) is 16.6 Å². The monoisotopic (exact) mass is 324 g/mol. The predicted octanol–water partition coefficient (Wildman–Crippen LogP) is 4.21. The highest BCUT2D eigenvalue weighted by Gasteiger charge is 2.42. The van der Waals surface area contributed by atoms with Gasteiger partial charge in [-0.15, -0.1) is 0 Å². The number of carbonyl (C=O) groups is 1. The number of aryl methyl sites for hydroxylation is 1. The summed E-state index contributed by atoms with van der Waals surface area (Å²) in [5.41, 5.74) is 4.64. The van der Waals surface area contributed by atoms with Crippen molar-refractivity contribution in [2.75, 3.05) is 0 Å². The van der Waals surface area contributed by atoms with Crippen LogP contribution < -0.4 is 0 Å². The molecule has 0 saturated heterocycles. The van der Waals surface area contributed by atoms with Gasteiger partial charge in [-0.05, 0) is 36.1 Å². The maximum absolute atomic E-state index is 12.1. The molecule has 0 radical (unpaired) electrons. The Morgan fingerprint density at radius 2 is 1.91 bits per heavy atom. The minimum absolute atomic E-state index is 0.0238. The molecule has 23 heavy (non-hydrogen) atoms. The van der Waals surface area contributed by atoms with Crippen molar-refractivity contribution in [1.82, 2.24) is 5.01 Å². The van der Waals surface area contributed by atoms with Gasteiger partial charge in [0.05, 0.1) is 11.8 Å². The molecule has 1 heterocycles. The standard InChI is InChI=1S/C19H17ClN2O/c1-12(23)22-19(14-6-9-15(20)10-7-14)17-11-8-13-4-2-3-5-16(13)18(17)21-22/h2-7,9-10,17,19H,8,11H2,1H3/t17-,19-/m1/s1. The van der Waals surface area contributed by atoms with Crippen molar-refractivity contribution in [2.24, 2.45) is 11.0 Å². The number of hydrazone groups is 1. The van der Waals surface area contributed by atoms with E-state index in [1.165, 1.54) is 11.1 Å². The van der Waals surface area contributed by atoms with E-state index in [9.17, 15) is 4.79 Å². The van der Waals surface area contributed by atoms with Crippen LogP contribution in [0.1, 0.15) is 36.1 Å². The van der Waals surface area contributed by atoms with Gasteiger partial charge in [-0.25, -0.2) is 5.01 Å². The Morgan fingerprint density at radius 1 is 1.17 bits per heavy atom. The molecular formula is C19H17ClN2O. The molecule has 116 valence electrons. The van der Waals surface area contributed by atoms with E-state index in [-0.39, 0.29) is 17.9 Å². The first kappa shape index (κ1) is 14.5. The van der Waals surface area contributed by atoms with Gasteiger partial charge in [0, 0.05) is 23.4 Å². The fourth-order valence-corrected chi connectivity index (χ4v) is 3.85. The molecule has 2 aromatic carbocycles. The lowest BCUT2D eigenvalue weighted by molar-refractivity contribution is -0.131. The number of rotatable bonds is 1. The lowest BCUT2D eigenvalue weighted by Gasteiger charge is -2.29. The van der Waals surface area contributed by atoms with E-state index >= 15 is 0 Å². The number of hydrogen-bond donors (Lipinski definition) is 0. The van der Waals surface area contributed by atoms with Gasteiger partial charge >= 0.3 is 0 Å². The molecule has 0 aromatic heterocycles. The predicted molar refractivity (Wildman–Crippen MR) is 91.5 cm³/mol. The number of carbonyl (C=O) groups excluding carboxylic acids is 1. The summed E-state index contributed by atoms with van der Waals surface area (Å²) >= 11 is 6.01. The third-order valence-electron chi connectivity index (χ3n) is 4.76.